The summed E-state index contributed by atoms with van der Waals surface area (Å²) in [6, 6.07) is 0. The molecule has 0 aliphatic carbocycles. The van der Waals surface area contributed by atoms with Gasteiger partial charge in [-0.3, -0.25) is 14.4 Å². The molecule has 84 valence electrons. The third kappa shape index (κ3) is 2.32. The zero-order valence-corrected chi connectivity index (χ0v) is 9.81. The summed E-state index contributed by atoms with van der Waals surface area (Å²) < 4.78 is 4.90. The van der Waals surface area contributed by atoms with E-state index in [9.17, 15) is 14.4 Å². The Balaban J connectivity index is 2.93. The second-order valence-corrected chi connectivity index (χ2v) is 4.93. The molecule has 0 aromatic rings. The summed E-state index contributed by atoms with van der Waals surface area (Å²) in [6.07, 6.45) is -0.0905. The molecule has 15 heavy (non-hydrogen) atoms. The summed E-state index contributed by atoms with van der Waals surface area (Å²) >= 11 is 10.5. The van der Waals surface area contributed by atoms with Crippen LogP contribution >= 0.6 is 23.2 Å². The monoisotopic (exact) mass is 252 g/mol. The van der Waals surface area contributed by atoms with Crippen molar-refractivity contribution in [3.8, 4) is 0 Å². The number of carbonyl (C=O) groups excluding carboxylic acids is 3. The fourth-order valence-corrected chi connectivity index (χ4v) is 2.13. The highest BCUT2D eigenvalue weighted by Crippen LogP contribution is 2.44. The van der Waals surface area contributed by atoms with E-state index in [2.05, 4.69) is 0 Å². The Labute approximate surface area is 96.9 Å². The number of rotatable bonds is 3. The average Bonchev–Trinajstić information content (AvgIpc) is 2.21. The number of halogens is 2. The van der Waals surface area contributed by atoms with Crippen LogP contribution in [-0.4, -0.2) is 22.1 Å². The Morgan fingerprint density at radius 3 is 2.27 bits per heavy atom. The maximum Gasteiger partial charge on any atom is 0.313 e. The summed E-state index contributed by atoms with van der Waals surface area (Å²) in [5.74, 6) is -0.618. The van der Waals surface area contributed by atoms with Crippen molar-refractivity contribution in [2.75, 3.05) is 0 Å². The normalized spacial score (nSPS) is 35.1. The van der Waals surface area contributed by atoms with Gasteiger partial charge >= 0.3 is 5.97 Å². The van der Waals surface area contributed by atoms with Crippen molar-refractivity contribution in [3.63, 3.8) is 0 Å². The Morgan fingerprint density at radius 2 is 1.93 bits per heavy atom. The van der Waals surface area contributed by atoms with E-state index in [0.717, 1.165) is 0 Å². The molecule has 2 unspecified atom stereocenters. The minimum Gasteiger partial charge on any atom is -0.449 e. The van der Waals surface area contributed by atoms with Crippen LogP contribution in [0.4, 0.5) is 0 Å². The molecule has 0 saturated carbocycles. The largest absolute Gasteiger partial charge is 0.449 e. The standard InChI is InChI=1S/C9H10Cl2O4/c1-8(3-5(10)12)4-9(2,6(11)13)15-7(8)14/h3-4H2,1-2H3. The van der Waals surface area contributed by atoms with E-state index in [1.165, 1.54) is 13.8 Å². The van der Waals surface area contributed by atoms with Gasteiger partial charge in [-0.25, -0.2) is 0 Å². The molecule has 0 aromatic heterocycles. The number of ether oxygens (including phenoxy) is 1. The van der Waals surface area contributed by atoms with Gasteiger partial charge in [0.25, 0.3) is 5.24 Å². The lowest BCUT2D eigenvalue weighted by molar-refractivity contribution is -0.156. The van der Waals surface area contributed by atoms with Crippen LogP contribution in [0.15, 0.2) is 0 Å². The molecule has 1 fully saturated rings. The first kappa shape index (κ1) is 12.5. The molecule has 0 bridgehead atoms. The molecule has 1 rings (SSSR count). The first-order chi connectivity index (χ1) is 6.69. The minimum absolute atomic E-state index is 0.0691. The molecule has 2 atom stereocenters. The molecule has 4 nitrogen and oxygen atoms in total. The average molecular weight is 253 g/mol. The van der Waals surface area contributed by atoms with Crippen molar-refractivity contribution in [2.24, 2.45) is 5.41 Å². The Morgan fingerprint density at radius 1 is 1.40 bits per heavy atom. The Hall–Kier alpha value is -0.610. The van der Waals surface area contributed by atoms with Crippen LogP contribution in [0.5, 0.6) is 0 Å². The van der Waals surface area contributed by atoms with Crippen molar-refractivity contribution in [2.45, 2.75) is 32.3 Å². The molecule has 0 spiro atoms. The van der Waals surface area contributed by atoms with Crippen molar-refractivity contribution in [1.82, 2.24) is 0 Å². The van der Waals surface area contributed by atoms with E-state index in [1.54, 1.807) is 0 Å². The van der Waals surface area contributed by atoms with Gasteiger partial charge in [-0.15, -0.1) is 0 Å². The third-order valence-electron chi connectivity index (χ3n) is 2.48. The minimum atomic E-state index is -1.35. The lowest BCUT2D eigenvalue weighted by Crippen LogP contribution is -2.32. The van der Waals surface area contributed by atoms with Crippen LogP contribution < -0.4 is 0 Å². The first-order valence-corrected chi connectivity index (χ1v) is 5.07. The highest BCUT2D eigenvalue weighted by atomic mass is 35.5. The van der Waals surface area contributed by atoms with E-state index in [1.807, 2.05) is 0 Å². The van der Waals surface area contributed by atoms with Gasteiger partial charge in [-0.2, -0.15) is 0 Å². The Bertz CT molecular complexity index is 341. The number of cyclic esters (lactones) is 1. The molecule has 1 aliphatic heterocycles. The molecule has 1 saturated heterocycles. The highest BCUT2D eigenvalue weighted by Gasteiger charge is 2.55. The zero-order valence-electron chi connectivity index (χ0n) is 8.30. The van der Waals surface area contributed by atoms with Gasteiger partial charge in [0.05, 0.1) is 5.41 Å². The predicted octanol–water partition coefficient (Wildman–Crippen LogP) is 1.62. The number of hydrogen-bond donors (Lipinski definition) is 0. The SMILES string of the molecule is CC1(CC(=O)Cl)CC(C)(C(=O)Cl)OC1=O. The second-order valence-electron chi connectivity index (χ2n) is 4.16. The summed E-state index contributed by atoms with van der Waals surface area (Å²) in [6.45, 7) is 2.95. The van der Waals surface area contributed by atoms with Gasteiger partial charge in [0.1, 0.15) is 0 Å². The smallest absolute Gasteiger partial charge is 0.313 e. The maximum absolute atomic E-state index is 11.5. The van der Waals surface area contributed by atoms with E-state index in [-0.39, 0.29) is 12.8 Å². The molecule has 0 aromatic carbocycles. The quantitative estimate of drug-likeness (QED) is 0.566. The van der Waals surface area contributed by atoms with E-state index < -0.39 is 27.5 Å². The molecule has 1 heterocycles. The van der Waals surface area contributed by atoms with Crippen LogP contribution in [0.3, 0.4) is 0 Å². The molecule has 0 amide bonds. The van der Waals surface area contributed by atoms with E-state index >= 15 is 0 Å². The maximum atomic E-state index is 11.5. The van der Waals surface area contributed by atoms with Gasteiger partial charge in [-0.1, -0.05) is 0 Å². The van der Waals surface area contributed by atoms with Gasteiger partial charge < -0.3 is 4.74 Å². The predicted molar refractivity (Wildman–Crippen MR) is 53.6 cm³/mol. The summed E-state index contributed by atoms with van der Waals surface area (Å²) in [7, 11) is 0. The molecule has 6 heteroatoms. The first-order valence-electron chi connectivity index (χ1n) is 4.31. The third-order valence-corrected chi connectivity index (χ3v) is 3.02. The Kier molecular flexibility index (Phi) is 3.12. The van der Waals surface area contributed by atoms with Crippen LogP contribution in [0.1, 0.15) is 26.7 Å². The lowest BCUT2D eigenvalue weighted by Gasteiger charge is -2.18. The van der Waals surface area contributed by atoms with Crippen LogP contribution in [0.25, 0.3) is 0 Å². The number of esters is 1. The lowest BCUT2D eigenvalue weighted by atomic mass is 9.81. The summed E-state index contributed by atoms with van der Waals surface area (Å²) in [5.41, 5.74) is -2.40. The molecular formula is C9H10Cl2O4. The number of hydrogen-bond acceptors (Lipinski definition) is 4. The second kappa shape index (κ2) is 3.76. The molecule has 0 N–H and O–H groups in total. The number of carbonyl (C=O) groups is 3. The van der Waals surface area contributed by atoms with E-state index in [0.29, 0.717) is 0 Å². The fourth-order valence-electron chi connectivity index (χ4n) is 1.73. The molecule has 1 aliphatic rings. The highest BCUT2D eigenvalue weighted by molar-refractivity contribution is 6.65. The topological polar surface area (TPSA) is 60.4 Å². The van der Waals surface area contributed by atoms with Gasteiger partial charge in [-0.05, 0) is 37.0 Å². The molecule has 0 radical (unpaired) electrons. The van der Waals surface area contributed by atoms with Crippen LogP contribution in [0.2, 0.25) is 0 Å². The van der Waals surface area contributed by atoms with E-state index in [4.69, 9.17) is 27.9 Å². The van der Waals surface area contributed by atoms with Gasteiger partial charge in [0.2, 0.25) is 5.24 Å². The summed E-state index contributed by atoms with van der Waals surface area (Å²) in [5, 5.41) is -1.39. The zero-order chi connectivity index (χ0) is 11.9. The van der Waals surface area contributed by atoms with Crippen molar-refractivity contribution >= 4 is 39.7 Å². The van der Waals surface area contributed by atoms with Gasteiger partial charge in [0, 0.05) is 12.8 Å². The molecular weight excluding hydrogens is 243 g/mol. The van der Waals surface area contributed by atoms with Gasteiger partial charge in [0.15, 0.2) is 5.60 Å². The van der Waals surface area contributed by atoms with Crippen molar-refractivity contribution in [1.29, 1.82) is 0 Å². The fraction of sp³-hybridized carbons (Fsp3) is 0.667. The van der Waals surface area contributed by atoms with Crippen LogP contribution in [0, 0.1) is 5.41 Å². The summed E-state index contributed by atoms with van der Waals surface area (Å²) in [4.78, 5) is 33.3. The van der Waals surface area contributed by atoms with Crippen LogP contribution in [-0.2, 0) is 19.1 Å². The van der Waals surface area contributed by atoms with Crippen molar-refractivity contribution < 1.29 is 19.1 Å². The van der Waals surface area contributed by atoms with Crippen molar-refractivity contribution in [3.05, 3.63) is 0 Å².